The van der Waals surface area contributed by atoms with Gasteiger partial charge in [-0.3, -0.25) is 9.69 Å². The van der Waals surface area contributed by atoms with Crippen LogP contribution in [-0.2, 0) is 11.3 Å². The van der Waals surface area contributed by atoms with Crippen molar-refractivity contribution < 1.29 is 4.79 Å². The van der Waals surface area contributed by atoms with Crippen molar-refractivity contribution in [3.05, 3.63) is 35.9 Å². The molecule has 1 amide bonds. The number of rotatable bonds is 2. The molecule has 0 unspecified atom stereocenters. The van der Waals surface area contributed by atoms with Gasteiger partial charge in [-0.15, -0.1) is 0 Å². The Bertz CT molecular complexity index is 391. The highest BCUT2D eigenvalue weighted by Gasteiger charge is 2.23. The van der Waals surface area contributed by atoms with Gasteiger partial charge in [0.25, 0.3) is 0 Å². The smallest absolute Gasteiger partial charge is 0.228 e. The van der Waals surface area contributed by atoms with Gasteiger partial charge in [-0.2, -0.15) is 0 Å². The molecular formula is C12H14N2OS. The standard InChI is InChI=1S/C12H14N2OS/c15-11-7-4-8-14(11)12(16)13-9-10-5-2-1-3-6-10/h1-3,5-6H,4,7-9H2,(H,13,16). The largest absolute Gasteiger partial charge is 0.358 e. The van der Waals surface area contributed by atoms with E-state index in [9.17, 15) is 4.79 Å². The first-order valence-electron chi connectivity index (χ1n) is 5.39. The lowest BCUT2D eigenvalue weighted by Gasteiger charge is -2.17. The summed E-state index contributed by atoms with van der Waals surface area (Å²) >= 11 is 5.18. The molecule has 1 aromatic rings. The lowest BCUT2D eigenvalue weighted by Crippen LogP contribution is -2.39. The lowest BCUT2D eigenvalue weighted by atomic mass is 10.2. The van der Waals surface area contributed by atoms with Crippen LogP contribution in [0.2, 0.25) is 0 Å². The highest BCUT2D eigenvalue weighted by atomic mass is 32.1. The van der Waals surface area contributed by atoms with Crippen LogP contribution in [0.25, 0.3) is 0 Å². The number of nitrogens with zero attached hydrogens (tertiary/aromatic N) is 1. The minimum atomic E-state index is 0.130. The molecule has 0 bridgehead atoms. The van der Waals surface area contributed by atoms with E-state index < -0.39 is 0 Å². The van der Waals surface area contributed by atoms with Gasteiger partial charge in [0.15, 0.2) is 5.11 Å². The van der Waals surface area contributed by atoms with Gasteiger partial charge in [0.2, 0.25) is 5.91 Å². The van der Waals surface area contributed by atoms with Crippen LogP contribution in [0.3, 0.4) is 0 Å². The third kappa shape index (κ3) is 2.58. The zero-order chi connectivity index (χ0) is 11.4. The molecule has 0 saturated carbocycles. The predicted molar refractivity (Wildman–Crippen MR) is 66.8 cm³/mol. The van der Waals surface area contributed by atoms with Crippen molar-refractivity contribution in [1.29, 1.82) is 0 Å². The number of benzene rings is 1. The van der Waals surface area contributed by atoms with E-state index in [-0.39, 0.29) is 5.91 Å². The van der Waals surface area contributed by atoms with E-state index >= 15 is 0 Å². The second-order valence-corrected chi connectivity index (χ2v) is 4.18. The van der Waals surface area contributed by atoms with Crippen LogP contribution in [0.15, 0.2) is 30.3 Å². The molecule has 2 rings (SSSR count). The van der Waals surface area contributed by atoms with Crippen molar-refractivity contribution >= 4 is 23.2 Å². The Hall–Kier alpha value is -1.42. The maximum atomic E-state index is 11.4. The van der Waals surface area contributed by atoms with Gasteiger partial charge in [-0.05, 0) is 24.2 Å². The van der Waals surface area contributed by atoms with Crippen molar-refractivity contribution in [2.75, 3.05) is 6.54 Å². The summed E-state index contributed by atoms with van der Waals surface area (Å²) in [5.74, 6) is 0.130. The molecule has 0 aliphatic carbocycles. The molecule has 1 fully saturated rings. The summed E-state index contributed by atoms with van der Waals surface area (Å²) in [6.07, 6.45) is 1.53. The Morgan fingerprint density at radius 2 is 2.12 bits per heavy atom. The van der Waals surface area contributed by atoms with Crippen molar-refractivity contribution in [2.24, 2.45) is 0 Å². The number of carbonyl (C=O) groups is 1. The second-order valence-electron chi connectivity index (χ2n) is 3.79. The van der Waals surface area contributed by atoms with Crippen LogP contribution in [0.5, 0.6) is 0 Å². The fourth-order valence-electron chi connectivity index (χ4n) is 1.73. The minimum Gasteiger partial charge on any atom is -0.358 e. The van der Waals surface area contributed by atoms with Crippen LogP contribution in [0.1, 0.15) is 18.4 Å². The summed E-state index contributed by atoms with van der Waals surface area (Å²) in [6.45, 7) is 1.42. The van der Waals surface area contributed by atoms with Gasteiger partial charge in [-0.25, -0.2) is 0 Å². The molecule has 0 aromatic heterocycles. The second kappa shape index (κ2) is 5.07. The molecule has 0 atom stereocenters. The van der Waals surface area contributed by atoms with E-state index in [2.05, 4.69) is 5.32 Å². The van der Waals surface area contributed by atoms with E-state index in [0.717, 1.165) is 18.5 Å². The molecule has 1 aliphatic rings. The fraction of sp³-hybridized carbons (Fsp3) is 0.333. The molecule has 0 spiro atoms. The van der Waals surface area contributed by atoms with Gasteiger partial charge in [-0.1, -0.05) is 30.3 Å². The average Bonchev–Trinajstić information content (AvgIpc) is 2.74. The monoisotopic (exact) mass is 234 g/mol. The normalized spacial score (nSPS) is 15.2. The van der Waals surface area contributed by atoms with Gasteiger partial charge >= 0.3 is 0 Å². The molecule has 0 radical (unpaired) electrons. The molecule has 1 N–H and O–H groups in total. The SMILES string of the molecule is O=C1CCCN1C(=S)NCc1ccccc1. The Morgan fingerprint density at radius 3 is 2.75 bits per heavy atom. The number of likely N-dealkylation sites (tertiary alicyclic amines) is 1. The Labute approximate surface area is 100 Å². The third-order valence-corrected chi connectivity index (χ3v) is 2.97. The van der Waals surface area contributed by atoms with E-state index in [1.54, 1.807) is 4.90 Å². The first-order valence-corrected chi connectivity index (χ1v) is 5.80. The van der Waals surface area contributed by atoms with Gasteiger partial charge in [0.05, 0.1) is 0 Å². The molecule has 16 heavy (non-hydrogen) atoms. The van der Waals surface area contributed by atoms with Crippen LogP contribution in [-0.4, -0.2) is 22.5 Å². The highest BCUT2D eigenvalue weighted by molar-refractivity contribution is 7.80. The fourth-order valence-corrected chi connectivity index (χ4v) is 2.00. The lowest BCUT2D eigenvalue weighted by molar-refractivity contribution is -0.124. The van der Waals surface area contributed by atoms with Gasteiger partial charge in [0, 0.05) is 19.5 Å². The summed E-state index contributed by atoms with van der Waals surface area (Å²) in [6, 6.07) is 10.0. The molecule has 1 saturated heterocycles. The molecule has 84 valence electrons. The maximum absolute atomic E-state index is 11.4. The number of hydrogen-bond acceptors (Lipinski definition) is 2. The highest BCUT2D eigenvalue weighted by Crippen LogP contribution is 2.09. The van der Waals surface area contributed by atoms with Gasteiger partial charge < -0.3 is 5.32 Å². The number of amides is 1. The van der Waals surface area contributed by atoms with Crippen molar-refractivity contribution in [3.63, 3.8) is 0 Å². The van der Waals surface area contributed by atoms with E-state index in [0.29, 0.717) is 18.1 Å². The number of carbonyl (C=O) groups excluding carboxylic acids is 1. The van der Waals surface area contributed by atoms with Gasteiger partial charge in [0.1, 0.15) is 0 Å². The number of hydrogen-bond donors (Lipinski definition) is 1. The first kappa shape index (κ1) is 11.1. The summed E-state index contributed by atoms with van der Waals surface area (Å²) < 4.78 is 0. The van der Waals surface area contributed by atoms with Crippen LogP contribution in [0.4, 0.5) is 0 Å². The van der Waals surface area contributed by atoms with Crippen molar-refractivity contribution in [3.8, 4) is 0 Å². The minimum absolute atomic E-state index is 0.130. The number of thiocarbonyl (C=S) groups is 1. The quantitative estimate of drug-likeness (QED) is 0.790. The third-order valence-electron chi connectivity index (χ3n) is 2.61. The van der Waals surface area contributed by atoms with E-state index in [1.807, 2.05) is 30.3 Å². The summed E-state index contributed by atoms with van der Waals surface area (Å²) in [5, 5.41) is 3.66. The zero-order valence-electron chi connectivity index (χ0n) is 8.98. The van der Waals surface area contributed by atoms with Crippen LogP contribution >= 0.6 is 12.2 Å². The predicted octanol–water partition coefficient (Wildman–Crippen LogP) is 1.68. The summed E-state index contributed by atoms with van der Waals surface area (Å²) in [7, 11) is 0. The molecular weight excluding hydrogens is 220 g/mol. The molecule has 3 nitrogen and oxygen atoms in total. The topological polar surface area (TPSA) is 32.3 Å². The molecule has 4 heteroatoms. The molecule has 1 heterocycles. The first-order chi connectivity index (χ1) is 7.77. The van der Waals surface area contributed by atoms with Crippen molar-refractivity contribution in [2.45, 2.75) is 19.4 Å². The van der Waals surface area contributed by atoms with Crippen molar-refractivity contribution in [1.82, 2.24) is 10.2 Å². The zero-order valence-corrected chi connectivity index (χ0v) is 9.80. The molecule has 1 aliphatic heterocycles. The maximum Gasteiger partial charge on any atom is 0.228 e. The van der Waals surface area contributed by atoms with Crippen LogP contribution < -0.4 is 5.32 Å². The van der Waals surface area contributed by atoms with E-state index in [1.165, 1.54) is 0 Å². The summed E-state index contributed by atoms with van der Waals surface area (Å²) in [5.41, 5.74) is 1.16. The number of nitrogens with one attached hydrogen (secondary N) is 1. The summed E-state index contributed by atoms with van der Waals surface area (Å²) in [4.78, 5) is 13.1. The van der Waals surface area contributed by atoms with Crippen LogP contribution in [0, 0.1) is 0 Å². The van der Waals surface area contributed by atoms with E-state index in [4.69, 9.17) is 12.2 Å². The Kier molecular flexibility index (Phi) is 3.51. The Morgan fingerprint density at radius 1 is 1.38 bits per heavy atom. The molecule has 1 aromatic carbocycles. The Balaban J connectivity index is 1.86. The average molecular weight is 234 g/mol.